The molecule has 2 heterocycles. The summed E-state index contributed by atoms with van der Waals surface area (Å²) in [5.41, 5.74) is 2.40. The molecule has 27 heavy (non-hydrogen) atoms. The van der Waals surface area contributed by atoms with Crippen LogP contribution in [-0.2, 0) is 6.42 Å². The first-order valence-electron chi connectivity index (χ1n) is 9.67. The molecule has 1 saturated heterocycles. The predicted molar refractivity (Wildman–Crippen MR) is 116 cm³/mol. The van der Waals surface area contributed by atoms with Crippen molar-refractivity contribution in [1.29, 1.82) is 0 Å². The lowest BCUT2D eigenvalue weighted by molar-refractivity contribution is 0.599. The van der Waals surface area contributed by atoms with Crippen LogP contribution in [0.15, 0.2) is 58.1 Å². The molecule has 1 fully saturated rings. The molecule has 0 spiro atoms. The van der Waals surface area contributed by atoms with Gasteiger partial charge in [-0.2, -0.15) is 0 Å². The molecule has 5 nitrogen and oxygen atoms in total. The highest BCUT2D eigenvalue weighted by molar-refractivity contribution is 9.10. The molecule has 1 aliphatic rings. The molecule has 1 unspecified atom stereocenters. The van der Waals surface area contributed by atoms with E-state index in [0.717, 1.165) is 55.3 Å². The number of pyridine rings is 1. The average molecular weight is 430 g/mol. The van der Waals surface area contributed by atoms with Crippen LogP contribution >= 0.6 is 15.9 Å². The number of aliphatic imine (C=N–C) groups is 1. The minimum atomic E-state index is 0.597. The van der Waals surface area contributed by atoms with Crippen molar-refractivity contribution < 1.29 is 0 Å². The third-order valence-electron chi connectivity index (χ3n) is 4.73. The second kappa shape index (κ2) is 10.3. The van der Waals surface area contributed by atoms with Gasteiger partial charge in [0, 0.05) is 61.2 Å². The number of nitrogens with zero attached hydrogens (tertiary/aromatic N) is 3. The zero-order valence-electron chi connectivity index (χ0n) is 15.9. The van der Waals surface area contributed by atoms with E-state index in [1.807, 2.05) is 18.3 Å². The first kappa shape index (κ1) is 19.7. The van der Waals surface area contributed by atoms with Crippen molar-refractivity contribution in [1.82, 2.24) is 15.6 Å². The Morgan fingerprint density at radius 2 is 2.07 bits per heavy atom. The molecule has 3 rings (SSSR count). The summed E-state index contributed by atoms with van der Waals surface area (Å²) in [4.78, 5) is 11.6. The lowest BCUT2D eigenvalue weighted by atomic mass is 10.1. The van der Waals surface area contributed by atoms with E-state index in [1.54, 1.807) is 0 Å². The van der Waals surface area contributed by atoms with Crippen LogP contribution in [0, 0.1) is 5.92 Å². The fourth-order valence-electron chi connectivity index (χ4n) is 3.29. The molecule has 1 aromatic carbocycles. The minimum absolute atomic E-state index is 0.597. The number of anilines is 1. The summed E-state index contributed by atoms with van der Waals surface area (Å²) in [6.45, 7) is 6.82. The van der Waals surface area contributed by atoms with Crippen molar-refractivity contribution in [2.75, 3.05) is 37.6 Å². The van der Waals surface area contributed by atoms with Gasteiger partial charge in [0.2, 0.25) is 0 Å². The molecular formula is C21H28BrN5. The Bertz CT molecular complexity index is 717. The molecule has 2 aromatic rings. The van der Waals surface area contributed by atoms with E-state index in [9.17, 15) is 0 Å². The minimum Gasteiger partial charge on any atom is -0.371 e. The predicted octanol–water partition coefficient (Wildman–Crippen LogP) is 3.47. The zero-order valence-corrected chi connectivity index (χ0v) is 17.5. The SMILES string of the molecule is CCNC(=NCC1CCN(c2ccc(Br)cc2)C1)NCCc1ccccn1. The van der Waals surface area contributed by atoms with Gasteiger partial charge in [-0.1, -0.05) is 22.0 Å². The maximum atomic E-state index is 4.81. The van der Waals surface area contributed by atoms with E-state index in [2.05, 4.69) is 73.7 Å². The van der Waals surface area contributed by atoms with Crippen molar-refractivity contribution >= 4 is 27.6 Å². The molecule has 1 aromatic heterocycles. The Morgan fingerprint density at radius 3 is 2.81 bits per heavy atom. The summed E-state index contributed by atoms with van der Waals surface area (Å²) in [6.07, 6.45) is 3.92. The van der Waals surface area contributed by atoms with Gasteiger partial charge in [-0.25, -0.2) is 0 Å². The molecule has 144 valence electrons. The number of aromatic nitrogens is 1. The Labute approximate surface area is 170 Å². The van der Waals surface area contributed by atoms with Crippen molar-refractivity contribution in [2.45, 2.75) is 19.8 Å². The van der Waals surface area contributed by atoms with E-state index in [-0.39, 0.29) is 0 Å². The highest BCUT2D eigenvalue weighted by Gasteiger charge is 2.22. The van der Waals surface area contributed by atoms with Gasteiger partial charge in [0.25, 0.3) is 0 Å². The highest BCUT2D eigenvalue weighted by atomic mass is 79.9. The van der Waals surface area contributed by atoms with Gasteiger partial charge in [-0.15, -0.1) is 0 Å². The van der Waals surface area contributed by atoms with E-state index in [0.29, 0.717) is 5.92 Å². The largest absolute Gasteiger partial charge is 0.371 e. The third-order valence-corrected chi connectivity index (χ3v) is 5.26. The summed E-state index contributed by atoms with van der Waals surface area (Å²) >= 11 is 3.50. The fraction of sp³-hybridized carbons (Fsp3) is 0.429. The molecular weight excluding hydrogens is 402 g/mol. The highest BCUT2D eigenvalue weighted by Crippen LogP contribution is 2.25. The summed E-state index contributed by atoms with van der Waals surface area (Å²) in [6, 6.07) is 14.6. The maximum absolute atomic E-state index is 4.81. The van der Waals surface area contributed by atoms with Crippen molar-refractivity contribution in [2.24, 2.45) is 10.9 Å². The van der Waals surface area contributed by atoms with Crippen LogP contribution in [0.3, 0.4) is 0 Å². The van der Waals surface area contributed by atoms with Crippen LogP contribution in [0.25, 0.3) is 0 Å². The Kier molecular flexibility index (Phi) is 7.51. The van der Waals surface area contributed by atoms with Gasteiger partial charge in [0.15, 0.2) is 5.96 Å². The standard InChI is InChI=1S/C21H28BrN5/c1-2-23-21(25-13-10-19-5-3-4-12-24-19)26-15-17-11-14-27(16-17)20-8-6-18(22)7-9-20/h3-9,12,17H,2,10-11,13-16H2,1H3,(H2,23,25,26). The van der Waals surface area contributed by atoms with Crippen LogP contribution < -0.4 is 15.5 Å². The van der Waals surface area contributed by atoms with Gasteiger partial charge in [0.1, 0.15) is 0 Å². The van der Waals surface area contributed by atoms with Crippen molar-refractivity contribution in [3.63, 3.8) is 0 Å². The molecule has 1 aliphatic heterocycles. The maximum Gasteiger partial charge on any atom is 0.191 e. The average Bonchev–Trinajstić information content (AvgIpc) is 3.16. The Hall–Kier alpha value is -2.08. The van der Waals surface area contributed by atoms with Crippen LogP contribution in [0.1, 0.15) is 19.0 Å². The molecule has 0 aliphatic carbocycles. The number of rotatable bonds is 7. The first-order valence-corrected chi connectivity index (χ1v) is 10.5. The lowest BCUT2D eigenvalue weighted by Crippen LogP contribution is -2.38. The van der Waals surface area contributed by atoms with Gasteiger partial charge >= 0.3 is 0 Å². The molecule has 2 N–H and O–H groups in total. The topological polar surface area (TPSA) is 52.6 Å². The molecule has 6 heteroatoms. The first-order chi connectivity index (χ1) is 13.2. The van der Waals surface area contributed by atoms with Gasteiger partial charge in [-0.3, -0.25) is 9.98 Å². The smallest absolute Gasteiger partial charge is 0.191 e. The van der Waals surface area contributed by atoms with Gasteiger partial charge < -0.3 is 15.5 Å². The lowest BCUT2D eigenvalue weighted by Gasteiger charge is -2.18. The molecule has 0 radical (unpaired) electrons. The molecule has 0 bridgehead atoms. The Balaban J connectivity index is 1.47. The van der Waals surface area contributed by atoms with Crippen LogP contribution in [0.5, 0.6) is 0 Å². The van der Waals surface area contributed by atoms with Gasteiger partial charge in [-0.05, 0) is 55.7 Å². The van der Waals surface area contributed by atoms with E-state index < -0.39 is 0 Å². The number of halogens is 1. The number of guanidine groups is 1. The normalized spacial score (nSPS) is 17.2. The summed E-state index contributed by atoms with van der Waals surface area (Å²) < 4.78 is 1.12. The summed E-state index contributed by atoms with van der Waals surface area (Å²) in [7, 11) is 0. The van der Waals surface area contributed by atoms with E-state index in [4.69, 9.17) is 4.99 Å². The van der Waals surface area contributed by atoms with E-state index in [1.165, 1.54) is 12.1 Å². The van der Waals surface area contributed by atoms with Crippen LogP contribution in [0.2, 0.25) is 0 Å². The number of hydrogen-bond donors (Lipinski definition) is 2. The third kappa shape index (κ3) is 6.24. The van der Waals surface area contributed by atoms with Crippen molar-refractivity contribution in [3.05, 3.63) is 58.8 Å². The summed E-state index contributed by atoms with van der Waals surface area (Å²) in [5.74, 6) is 1.50. The second-order valence-electron chi connectivity index (χ2n) is 6.79. The number of hydrogen-bond acceptors (Lipinski definition) is 3. The second-order valence-corrected chi connectivity index (χ2v) is 7.71. The molecule has 0 amide bonds. The number of benzene rings is 1. The fourth-order valence-corrected chi connectivity index (χ4v) is 3.55. The molecule has 0 saturated carbocycles. The van der Waals surface area contributed by atoms with Crippen molar-refractivity contribution in [3.8, 4) is 0 Å². The zero-order chi connectivity index (χ0) is 18.9. The quantitative estimate of drug-likeness (QED) is 0.522. The molecule has 1 atom stereocenters. The summed E-state index contributed by atoms with van der Waals surface area (Å²) in [5, 5.41) is 6.76. The monoisotopic (exact) mass is 429 g/mol. The van der Waals surface area contributed by atoms with Crippen LogP contribution in [0.4, 0.5) is 5.69 Å². The van der Waals surface area contributed by atoms with E-state index >= 15 is 0 Å². The Morgan fingerprint density at radius 1 is 1.22 bits per heavy atom. The number of nitrogens with one attached hydrogen (secondary N) is 2. The van der Waals surface area contributed by atoms with Gasteiger partial charge in [0.05, 0.1) is 0 Å². The van der Waals surface area contributed by atoms with Crippen LogP contribution in [-0.4, -0.2) is 43.7 Å².